The highest BCUT2D eigenvalue weighted by molar-refractivity contribution is 7.90. The van der Waals surface area contributed by atoms with Crippen LogP contribution in [-0.4, -0.2) is 38.1 Å². The van der Waals surface area contributed by atoms with Crippen molar-refractivity contribution in [3.63, 3.8) is 0 Å². The zero-order valence-corrected chi connectivity index (χ0v) is 22.2. The van der Waals surface area contributed by atoms with Crippen LogP contribution in [0.1, 0.15) is 47.4 Å². The average Bonchev–Trinajstić information content (AvgIpc) is 3.69. The van der Waals surface area contributed by atoms with E-state index in [9.17, 15) is 13.2 Å². The number of hydrogen-bond donors (Lipinski definition) is 2. The van der Waals surface area contributed by atoms with Crippen LogP contribution in [0, 0.1) is 11.7 Å². The Morgan fingerprint density at radius 1 is 1.05 bits per heavy atom. The zero-order valence-electron chi connectivity index (χ0n) is 21.4. The number of carboxylic acid groups (broad SMARTS) is 1. The van der Waals surface area contributed by atoms with Gasteiger partial charge in [-0.05, 0) is 102 Å². The lowest BCUT2D eigenvalue weighted by Crippen LogP contribution is -2.08. The van der Waals surface area contributed by atoms with Crippen LogP contribution in [0.4, 0.5) is 10.1 Å². The molecule has 1 saturated carbocycles. The number of benzene rings is 3. The molecule has 8 heteroatoms. The number of hydrogen-bond acceptors (Lipinski definition) is 5. The summed E-state index contributed by atoms with van der Waals surface area (Å²) >= 11 is 0. The van der Waals surface area contributed by atoms with Crippen LogP contribution in [0.25, 0.3) is 11.1 Å². The molecule has 1 fully saturated rings. The topological polar surface area (TPSA) is 92.7 Å². The van der Waals surface area contributed by atoms with Gasteiger partial charge in [0.25, 0.3) is 0 Å². The lowest BCUT2D eigenvalue weighted by molar-refractivity contribution is -0.138. The molecule has 0 radical (unpaired) electrons. The largest absolute Gasteiger partial charge is 0.494 e. The van der Waals surface area contributed by atoms with E-state index in [1.54, 1.807) is 6.07 Å². The smallest absolute Gasteiger partial charge is 0.307 e. The Labute approximate surface area is 222 Å². The van der Waals surface area contributed by atoms with Crippen molar-refractivity contribution in [1.29, 1.82) is 0 Å². The van der Waals surface area contributed by atoms with Gasteiger partial charge in [-0.25, -0.2) is 12.8 Å². The highest BCUT2D eigenvalue weighted by atomic mass is 32.2. The minimum Gasteiger partial charge on any atom is -0.494 e. The number of ether oxygens (including phenoxy) is 1. The Morgan fingerprint density at radius 2 is 1.79 bits per heavy atom. The first-order valence-corrected chi connectivity index (χ1v) is 15.1. The molecule has 3 aromatic carbocycles. The second kappa shape index (κ2) is 10.8. The van der Waals surface area contributed by atoms with Crippen LogP contribution in [0.2, 0.25) is 0 Å². The molecule has 2 atom stereocenters. The number of rotatable bonds is 10. The number of carbonyl (C=O) groups is 1. The summed E-state index contributed by atoms with van der Waals surface area (Å²) in [5, 5.41) is 12.4. The van der Waals surface area contributed by atoms with Crippen molar-refractivity contribution in [2.24, 2.45) is 5.92 Å². The molecule has 2 aliphatic rings. The molecule has 0 aromatic heterocycles. The van der Waals surface area contributed by atoms with Gasteiger partial charge in [-0.15, -0.1) is 0 Å². The molecule has 0 saturated heterocycles. The van der Waals surface area contributed by atoms with Gasteiger partial charge in [-0.2, -0.15) is 0 Å². The maximum atomic E-state index is 15.0. The zero-order chi connectivity index (χ0) is 26.9. The molecule has 5 rings (SSSR count). The molecule has 0 bridgehead atoms. The van der Waals surface area contributed by atoms with Crippen LogP contribution < -0.4 is 10.1 Å². The summed E-state index contributed by atoms with van der Waals surface area (Å²) in [7, 11) is -3.00. The SMILES string of the molecule is CS(=O)(=O)CCCOc1ccc2c(c1)CCCc1cc(F)c(CNc3ccc([C@H]4C[C@@H]4C(=O)O)cc3)cc1-2. The quantitative estimate of drug-likeness (QED) is 0.327. The van der Waals surface area contributed by atoms with Gasteiger partial charge >= 0.3 is 5.97 Å². The van der Waals surface area contributed by atoms with Crippen LogP contribution >= 0.6 is 0 Å². The molecule has 0 unspecified atom stereocenters. The van der Waals surface area contributed by atoms with E-state index in [1.807, 2.05) is 48.5 Å². The predicted molar refractivity (Wildman–Crippen MR) is 146 cm³/mol. The maximum absolute atomic E-state index is 15.0. The molecule has 38 heavy (non-hydrogen) atoms. The van der Waals surface area contributed by atoms with Crippen LogP contribution in [0.3, 0.4) is 0 Å². The lowest BCUT2D eigenvalue weighted by atomic mass is 9.94. The van der Waals surface area contributed by atoms with Gasteiger partial charge in [0.1, 0.15) is 21.4 Å². The molecule has 2 N–H and O–H groups in total. The van der Waals surface area contributed by atoms with E-state index in [0.29, 0.717) is 37.3 Å². The molecule has 200 valence electrons. The van der Waals surface area contributed by atoms with Crippen LogP contribution in [-0.2, 0) is 34.0 Å². The van der Waals surface area contributed by atoms with Gasteiger partial charge in [-0.3, -0.25) is 4.79 Å². The number of fused-ring (bicyclic) bond motifs is 3. The van der Waals surface area contributed by atoms with Crippen molar-refractivity contribution >= 4 is 21.5 Å². The van der Waals surface area contributed by atoms with Gasteiger partial charge < -0.3 is 15.2 Å². The fourth-order valence-electron chi connectivity index (χ4n) is 5.24. The normalized spacial score (nSPS) is 18.2. The average molecular weight is 538 g/mol. The van der Waals surface area contributed by atoms with Gasteiger partial charge in [0.05, 0.1) is 18.3 Å². The Hall–Kier alpha value is -3.39. The number of carboxylic acids is 1. The van der Waals surface area contributed by atoms with Gasteiger partial charge in [0.15, 0.2) is 0 Å². The van der Waals surface area contributed by atoms with E-state index < -0.39 is 15.8 Å². The van der Waals surface area contributed by atoms with E-state index in [1.165, 1.54) is 6.26 Å². The van der Waals surface area contributed by atoms with Gasteiger partial charge in [0.2, 0.25) is 0 Å². The molecular weight excluding hydrogens is 505 g/mol. The van der Waals surface area contributed by atoms with Crippen molar-refractivity contribution in [2.75, 3.05) is 23.9 Å². The number of sulfone groups is 1. The first-order valence-electron chi connectivity index (χ1n) is 13.0. The van der Waals surface area contributed by atoms with Gasteiger partial charge in [0, 0.05) is 24.1 Å². The third kappa shape index (κ3) is 6.18. The molecule has 0 spiro atoms. The summed E-state index contributed by atoms with van der Waals surface area (Å²) < 4.78 is 43.5. The highest BCUT2D eigenvalue weighted by Gasteiger charge is 2.44. The second-order valence-electron chi connectivity index (χ2n) is 10.4. The second-order valence-corrected chi connectivity index (χ2v) is 12.6. The summed E-state index contributed by atoms with van der Waals surface area (Å²) in [5.74, 6) is -0.358. The number of anilines is 1. The fourth-order valence-corrected chi connectivity index (χ4v) is 5.89. The van der Waals surface area contributed by atoms with Crippen molar-refractivity contribution in [3.05, 3.63) is 82.7 Å². The molecular formula is C30H32FNO5S. The van der Waals surface area contributed by atoms with E-state index in [0.717, 1.165) is 52.8 Å². The number of nitrogens with one attached hydrogen (secondary N) is 1. The molecule has 6 nitrogen and oxygen atoms in total. The van der Waals surface area contributed by atoms with Crippen LogP contribution in [0.5, 0.6) is 5.75 Å². The monoisotopic (exact) mass is 537 g/mol. The van der Waals surface area contributed by atoms with E-state index >= 15 is 4.39 Å². The highest BCUT2D eigenvalue weighted by Crippen LogP contribution is 2.47. The van der Waals surface area contributed by atoms with E-state index in [2.05, 4.69) is 5.32 Å². The summed E-state index contributed by atoms with van der Waals surface area (Å²) in [6, 6.07) is 17.2. The Balaban J connectivity index is 1.28. The first kappa shape index (κ1) is 26.2. The first-order chi connectivity index (χ1) is 18.2. The van der Waals surface area contributed by atoms with Crippen molar-refractivity contribution in [3.8, 4) is 16.9 Å². The van der Waals surface area contributed by atoms with E-state index in [4.69, 9.17) is 9.84 Å². The summed E-state index contributed by atoms with van der Waals surface area (Å²) in [6.45, 7) is 0.668. The number of aryl methyl sites for hydroxylation is 2. The minimum atomic E-state index is -3.00. The Morgan fingerprint density at radius 3 is 2.47 bits per heavy atom. The molecule has 0 amide bonds. The van der Waals surface area contributed by atoms with Crippen molar-refractivity contribution in [1.82, 2.24) is 0 Å². The number of halogens is 1. The summed E-state index contributed by atoms with van der Waals surface area (Å²) in [5.41, 5.74) is 6.70. The molecule has 0 aliphatic heterocycles. The summed E-state index contributed by atoms with van der Waals surface area (Å²) in [4.78, 5) is 11.1. The standard InChI is InChI=1S/C30H32FNO5S/c1-38(35,36)13-3-12-37-24-10-11-25-20(14-24)4-2-5-21-16-29(31)22(15-26(21)25)18-32-23-8-6-19(7-9-23)27-17-28(27)30(33)34/h6-11,14-16,27-28,32H,2-5,12-13,17-18H2,1H3,(H,33,34)/t27-,28+/m1/s1. The van der Waals surface area contributed by atoms with Gasteiger partial charge in [-0.1, -0.05) is 18.2 Å². The Bertz CT molecular complexity index is 1450. The van der Waals surface area contributed by atoms with Crippen LogP contribution in [0.15, 0.2) is 54.6 Å². The summed E-state index contributed by atoms with van der Waals surface area (Å²) in [6.07, 6.45) is 4.91. The molecule has 3 aromatic rings. The lowest BCUT2D eigenvalue weighted by Gasteiger charge is -2.15. The van der Waals surface area contributed by atoms with E-state index in [-0.39, 0.29) is 23.4 Å². The third-order valence-corrected chi connectivity index (χ3v) is 8.42. The third-order valence-electron chi connectivity index (χ3n) is 7.39. The number of aliphatic carboxylic acids is 1. The predicted octanol–water partition coefficient (Wildman–Crippen LogP) is 5.60. The maximum Gasteiger partial charge on any atom is 0.307 e. The van der Waals surface area contributed by atoms with Crippen molar-refractivity contribution in [2.45, 2.75) is 44.6 Å². The minimum absolute atomic E-state index is 0.0852. The van der Waals surface area contributed by atoms with Crippen molar-refractivity contribution < 1.29 is 27.4 Å². The molecule has 2 aliphatic carbocycles. The molecule has 0 heterocycles. The fraction of sp³-hybridized carbons (Fsp3) is 0.367. The Kier molecular flexibility index (Phi) is 7.43.